The monoisotopic (exact) mass is 459 g/mol. The summed E-state index contributed by atoms with van der Waals surface area (Å²) in [5, 5.41) is 11.7. The van der Waals surface area contributed by atoms with Crippen molar-refractivity contribution in [3.05, 3.63) is 47.0 Å². The minimum absolute atomic E-state index is 0.0272. The molecule has 1 saturated carbocycles. The van der Waals surface area contributed by atoms with Gasteiger partial charge >= 0.3 is 12.1 Å². The number of rotatable bonds is 8. The molecule has 33 heavy (non-hydrogen) atoms. The maximum absolute atomic E-state index is 12.6. The Morgan fingerprint density at radius 1 is 1.27 bits per heavy atom. The van der Waals surface area contributed by atoms with Gasteiger partial charge in [0.1, 0.15) is 23.4 Å². The first kappa shape index (κ1) is 23.7. The van der Waals surface area contributed by atoms with Crippen LogP contribution in [0.1, 0.15) is 56.0 Å². The molecule has 1 amide bonds. The summed E-state index contributed by atoms with van der Waals surface area (Å²) in [4.78, 5) is 23.5. The van der Waals surface area contributed by atoms with Gasteiger partial charge in [-0.05, 0) is 57.7 Å². The third-order valence-electron chi connectivity index (χ3n) is 7.13. The van der Waals surface area contributed by atoms with Crippen LogP contribution in [0.15, 0.2) is 35.9 Å². The van der Waals surface area contributed by atoms with Crippen molar-refractivity contribution in [3.8, 4) is 0 Å². The number of allylic oxidation sites excluding steroid dienone is 1. The van der Waals surface area contributed by atoms with Crippen LogP contribution in [0.5, 0.6) is 0 Å². The smallest absolute Gasteiger partial charge is 0.407 e. The van der Waals surface area contributed by atoms with E-state index in [9.17, 15) is 9.59 Å². The van der Waals surface area contributed by atoms with Gasteiger partial charge in [0.2, 0.25) is 0 Å². The number of aromatic carboxylic acids is 1. The minimum Gasteiger partial charge on any atom is -0.478 e. The SMILES string of the molecule is CO[C@@H]1[C@H](OC(=O)NCc2ccc(C(=O)O)cc2)CC[C@]2(CO2)[C@H]1[C@@]1(C)O[C@@H]1CC=C(C)C. The summed E-state index contributed by atoms with van der Waals surface area (Å²) in [5.41, 5.74) is 1.60. The molecule has 6 atom stereocenters. The van der Waals surface area contributed by atoms with Crippen molar-refractivity contribution in [2.24, 2.45) is 5.92 Å². The van der Waals surface area contributed by atoms with E-state index < -0.39 is 18.2 Å². The number of carbonyl (C=O) groups excluding carboxylic acids is 1. The third-order valence-corrected chi connectivity index (χ3v) is 7.13. The minimum atomic E-state index is -0.986. The highest BCUT2D eigenvalue weighted by molar-refractivity contribution is 5.87. The van der Waals surface area contributed by atoms with E-state index in [0.717, 1.165) is 18.4 Å². The van der Waals surface area contributed by atoms with Gasteiger partial charge in [-0.2, -0.15) is 0 Å². The number of alkyl carbamates (subject to hydrolysis) is 1. The van der Waals surface area contributed by atoms with Crippen molar-refractivity contribution in [2.75, 3.05) is 13.7 Å². The number of amides is 1. The van der Waals surface area contributed by atoms with Gasteiger partial charge < -0.3 is 29.4 Å². The van der Waals surface area contributed by atoms with Crippen LogP contribution in [0.3, 0.4) is 0 Å². The van der Waals surface area contributed by atoms with Crippen molar-refractivity contribution < 1.29 is 33.6 Å². The van der Waals surface area contributed by atoms with E-state index >= 15 is 0 Å². The third kappa shape index (κ3) is 4.93. The van der Waals surface area contributed by atoms with E-state index in [1.54, 1.807) is 19.2 Å². The lowest BCUT2D eigenvalue weighted by Crippen LogP contribution is -2.56. The van der Waals surface area contributed by atoms with Crippen LogP contribution in [-0.2, 0) is 25.5 Å². The molecule has 1 aromatic rings. The molecule has 1 spiro atoms. The van der Waals surface area contributed by atoms with Crippen LogP contribution in [0, 0.1) is 5.92 Å². The predicted octanol–water partition coefficient (Wildman–Crippen LogP) is 3.69. The molecule has 8 heteroatoms. The fourth-order valence-electron chi connectivity index (χ4n) is 5.19. The Morgan fingerprint density at radius 3 is 2.55 bits per heavy atom. The second-order valence-electron chi connectivity index (χ2n) is 9.68. The molecule has 3 fully saturated rings. The van der Waals surface area contributed by atoms with Gasteiger partial charge in [0.05, 0.1) is 24.2 Å². The molecule has 1 aromatic carbocycles. The van der Waals surface area contributed by atoms with Crippen LogP contribution >= 0.6 is 0 Å². The predicted molar refractivity (Wildman–Crippen MR) is 120 cm³/mol. The Hall–Kier alpha value is -2.42. The molecule has 4 rings (SSSR count). The lowest BCUT2D eigenvalue weighted by Gasteiger charge is -2.42. The zero-order valence-electron chi connectivity index (χ0n) is 19.6. The molecule has 0 radical (unpaired) electrons. The molecular weight excluding hydrogens is 426 g/mol. The molecule has 2 saturated heterocycles. The van der Waals surface area contributed by atoms with Gasteiger partial charge in [0.15, 0.2) is 0 Å². The van der Waals surface area contributed by atoms with Crippen LogP contribution in [-0.4, -0.2) is 60.4 Å². The van der Waals surface area contributed by atoms with Gasteiger partial charge in [-0.25, -0.2) is 9.59 Å². The van der Waals surface area contributed by atoms with Crippen LogP contribution in [0.2, 0.25) is 0 Å². The summed E-state index contributed by atoms with van der Waals surface area (Å²) >= 11 is 0. The standard InChI is InChI=1S/C25H33NO7/c1-15(2)5-10-19-24(3,33-19)21-20(30-4)18(11-12-25(21)14-31-25)32-23(29)26-13-16-6-8-17(9-7-16)22(27)28/h5-9,18-21H,10-14H2,1-4H3,(H,26,29)(H,27,28)/t18-,19-,20-,21-,24+,25+/m1/s1. The number of nitrogens with one attached hydrogen (secondary N) is 1. The summed E-state index contributed by atoms with van der Waals surface area (Å²) in [7, 11) is 1.65. The fourth-order valence-corrected chi connectivity index (χ4v) is 5.19. The van der Waals surface area contributed by atoms with E-state index in [2.05, 4.69) is 32.2 Å². The first-order valence-electron chi connectivity index (χ1n) is 11.4. The van der Waals surface area contributed by atoms with E-state index in [4.69, 9.17) is 24.1 Å². The highest BCUT2D eigenvalue weighted by Crippen LogP contribution is 2.59. The Bertz CT molecular complexity index is 919. The summed E-state index contributed by atoms with van der Waals surface area (Å²) in [6.45, 7) is 7.18. The molecule has 2 heterocycles. The molecule has 180 valence electrons. The Labute approximate surface area is 194 Å². The van der Waals surface area contributed by atoms with Crippen LogP contribution in [0.25, 0.3) is 0 Å². The van der Waals surface area contributed by atoms with Gasteiger partial charge in [0.25, 0.3) is 0 Å². The van der Waals surface area contributed by atoms with E-state index in [1.165, 1.54) is 17.7 Å². The molecular formula is C25H33NO7. The average molecular weight is 460 g/mol. The molecule has 8 nitrogen and oxygen atoms in total. The fraction of sp³-hybridized carbons (Fsp3) is 0.600. The molecule has 2 N–H and O–H groups in total. The lowest BCUT2D eigenvalue weighted by atomic mass is 9.68. The summed E-state index contributed by atoms with van der Waals surface area (Å²) in [6.07, 6.45) is 3.30. The number of hydrogen-bond acceptors (Lipinski definition) is 6. The number of ether oxygens (including phenoxy) is 4. The van der Waals surface area contributed by atoms with Gasteiger partial charge in [-0.3, -0.25) is 0 Å². The number of carbonyl (C=O) groups is 2. The Balaban J connectivity index is 1.38. The second-order valence-corrected chi connectivity index (χ2v) is 9.68. The zero-order chi connectivity index (χ0) is 23.8. The van der Waals surface area contributed by atoms with Crippen LogP contribution < -0.4 is 5.32 Å². The number of carboxylic acids is 1. The van der Waals surface area contributed by atoms with Gasteiger partial charge in [-0.1, -0.05) is 23.8 Å². The van der Waals surface area contributed by atoms with Crippen molar-refractivity contribution in [2.45, 2.75) is 76.1 Å². The highest BCUT2D eigenvalue weighted by Gasteiger charge is 2.72. The normalized spacial score (nSPS) is 34.4. The molecule has 0 aromatic heterocycles. The quantitative estimate of drug-likeness (QED) is 0.451. The Morgan fingerprint density at radius 2 is 1.97 bits per heavy atom. The summed E-state index contributed by atoms with van der Waals surface area (Å²) in [5.74, 6) is -1.01. The Kier molecular flexibility index (Phi) is 6.53. The summed E-state index contributed by atoms with van der Waals surface area (Å²) < 4.78 is 23.8. The van der Waals surface area contributed by atoms with E-state index in [0.29, 0.717) is 13.0 Å². The molecule has 1 aliphatic carbocycles. The number of epoxide rings is 2. The molecule has 0 bridgehead atoms. The molecule has 3 aliphatic rings. The number of carboxylic acid groups (broad SMARTS) is 1. The van der Waals surface area contributed by atoms with E-state index in [-0.39, 0.29) is 41.4 Å². The maximum Gasteiger partial charge on any atom is 0.407 e. The summed E-state index contributed by atoms with van der Waals surface area (Å²) in [6, 6.07) is 6.36. The van der Waals surface area contributed by atoms with Crippen molar-refractivity contribution in [1.29, 1.82) is 0 Å². The molecule has 0 unspecified atom stereocenters. The van der Waals surface area contributed by atoms with Crippen molar-refractivity contribution in [3.63, 3.8) is 0 Å². The molecule has 2 aliphatic heterocycles. The van der Waals surface area contributed by atoms with Gasteiger partial charge in [0, 0.05) is 13.7 Å². The largest absolute Gasteiger partial charge is 0.478 e. The lowest BCUT2D eigenvalue weighted by molar-refractivity contribution is -0.118. The second kappa shape index (κ2) is 9.08. The van der Waals surface area contributed by atoms with Gasteiger partial charge in [-0.15, -0.1) is 0 Å². The number of benzene rings is 1. The van der Waals surface area contributed by atoms with Crippen molar-refractivity contribution in [1.82, 2.24) is 5.32 Å². The number of methoxy groups -OCH3 is 1. The van der Waals surface area contributed by atoms with Crippen molar-refractivity contribution >= 4 is 12.1 Å². The van der Waals surface area contributed by atoms with E-state index in [1.807, 2.05) is 0 Å². The topological polar surface area (TPSA) is 110 Å². The first-order valence-corrected chi connectivity index (χ1v) is 11.4. The maximum atomic E-state index is 12.6. The first-order chi connectivity index (χ1) is 15.7. The highest BCUT2D eigenvalue weighted by atomic mass is 16.6. The average Bonchev–Trinajstić information content (AvgIpc) is 3.69. The zero-order valence-corrected chi connectivity index (χ0v) is 19.6. The number of hydrogen-bond donors (Lipinski definition) is 2. The van der Waals surface area contributed by atoms with Crippen LogP contribution in [0.4, 0.5) is 4.79 Å².